The predicted octanol–water partition coefficient (Wildman–Crippen LogP) is -0.612. The molecule has 0 N–H and O–H groups in total. The Labute approximate surface area is 93.9 Å². The molecule has 2 aliphatic carbocycles. The Bertz CT molecular complexity index is 206. The van der Waals surface area contributed by atoms with E-state index in [-0.39, 0.29) is 29.6 Å². The van der Waals surface area contributed by atoms with Gasteiger partial charge in [0.1, 0.15) is 0 Å². The Balaban J connectivity index is 0.000000605. The standard InChI is InChI=1S/C9H11Si.Na/c10-9-6-5-7-3-1-2-4-8(7)9;/h5-6,9H,1-4H2;/q;+1. The molecule has 2 rings (SSSR count). The van der Waals surface area contributed by atoms with Gasteiger partial charge in [-0.05, 0) is 36.8 Å². The molecule has 0 aliphatic heterocycles. The first kappa shape index (κ1) is 9.78. The van der Waals surface area contributed by atoms with Crippen molar-refractivity contribution in [1.82, 2.24) is 0 Å². The van der Waals surface area contributed by atoms with Crippen molar-refractivity contribution in [3.05, 3.63) is 23.3 Å². The average Bonchev–Trinajstić information content (AvgIpc) is 2.34. The van der Waals surface area contributed by atoms with Crippen LogP contribution in [-0.4, -0.2) is 10.2 Å². The summed E-state index contributed by atoms with van der Waals surface area (Å²) < 4.78 is 0. The molecule has 3 radical (unpaired) electrons. The molecule has 0 saturated heterocycles. The van der Waals surface area contributed by atoms with Crippen LogP contribution in [0.15, 0.2) is 23.3 Å². The van der Waals surface area contributed by atoms with Gasteiger partial charge in [-0.2, -0.15) is 0 Å². The minimum atomic E-state index is 0. The molecule has 0 aromatic heterocycles. The summed E-state index contributed by atoms with van der Waals surface area (Å²) >= 11 is 0. The van der Waals surface area contributed by atoms with Crippen molar-refractivity contribution >= 4 is 10.2 Å². The van der Waals surface area contributed by atoms with Crippen LogP contribution in [0.1, 0.15) is 25.7 Å². The van der Waals surface area contributed by atoms with Gasteiger partial charge in [-0.3, -0.25) is 0 Å². The zero-order valence-corrected chi connectivity index (χ0v) is 10.1. The Morgan fingerprint density at radius 2 is 2.00 bits per heavy atom. The van der Waals surface area contributed by atoms with E-state index in [9.17, 15) is 0 Å². The van der Waals surface area contributed by atoms with E-state index >= 15 is 0 Å². The molecular weight excluding hydrogens is 159 g/mol. The van der Waals surface area contributed by atoms with Crippen molar-refractivity contribution in [2.45, 2.75) is 31.2 Å². The zero-order valence-electron chi connectivity index (χ0n) is 7.06. The molecule has 2 heteroatoms. The van der Waals surface area contributed by atoms with Gasteiger partial charge in [0.2, 0.25) is 0 Å². The van der Waals surface area contributed by atoms with Gasteiger partial charge in [-0.25, -0.2) is 0 Å². The number of allylic oxidation sites excluding steroid dienone is 4. The minimum Gasteiger partial charge on any atom is -0.0806 e. The van der Waals surface area contributed by atoms with Crippen LogP contribution < -0.4 is 29.6 Å². The molecule has 2 aliphatic rings. The number of rotatable bonds is 0. The zero-order chi connectivity index (χ0) is 6.97. The second-order valence-electron chi connectivity index (χ2n) is 3.09. The molecule has 1 unspecified atom stereocenters. The molecule has 0 saturated carbocycles. The maximum absolute atomic E-state index is 3.68. The molecule has 0 fully saturated rings. The van der Waals surface area contributed by atoms with Crippen LogP contribution >= 0.6 is 0 Å². The average molecular weight is 170 g/mol. The summed E-state index contributed by atoms with van der Waals surface area (Å²) in [6, 6.07) is 0. The summed E-state index contributed by atoms with van der Waals surface area (Å²) in [6.45, 7) is 0. The number of hydrogen-bond acceptors (Lipinski definition) is 0. The van der Waals surface area contributed by atoms with Crippen LogP contribution in [0, 0.1) is 0 Å². The third kappa shape index (κ3) is 1.89. The second-order valence-corrected chi connectivity index (χ2v) is 3.72. The van der Waals surface area contributed by atoms with Gasteiger partial charge in [0.05, 0.1) is 0 Å². The largest absolute Gasteiger partial charge is 1.00 e. The van der Waals surface area contributed by atoms with Crippen molar-refractivity contribution in [2.75, 3.05) is 0 Å². The summed E-state index contributed by atoms with van der Waals surface area (Å²) in [5, 5.41) is 0. The number of hydrogen-bond donors (Lipinski definition) is 0. The normalized spacial score (nSPS) is 28.3. The van der Waals surface area contributed by atoms with Gasteiger partial charge in [-0.15, -0.1) is 0 Å². The fraction of sp³-hybridized carbons (Fsp3) is 0.556. The molecule has 0 nitrogen and oxygen atoms in total. The van der Waals surface area contributed by atoms with E-state index in [2.05, 4.69) is 22.4 Å². The molecule has 51 valence electrons. The van der Waals surface area contributed by atoms with E-state index in [0.29, 0.717) is 5.54 Å². The molecule has 1 atom stereocenters. The van der Waals surface area contributed by atoms with E-state index in [1.54, 1.807) is 11.1 Å². The van der Waals surface area contributed by atoms with Crippen LogP contribution in [0.5, 0.6) is 0 Å². The van der Waals surface area contributed by atoms with Crippen LogP contribution in [-0.2, 0) is 0 Å². The first-order valence-electron chi connectivity index (χ1n) is 3.99. The van der Waals surface area contributed by atoms with Gasteiger partial charge in [-0.1, -0.05) is 17.7 Å². The van der Waals surface area contributed by atoms with Crippen molar-refractivity contribution in [2.24, 2.45) is 0 Å². The van der Waals surface area contributed by atoms with Gasteiger partial charge < -0.3 is 0 Å². The molecule has 0 spiro atoms. The van der Waals surface area contributed by atoms with Crippen molar-refractivity contribution < 1.29 is 29.6 Å². The maximum Gasteiger partial charge on any atom is 1.00 e. The monoisotopic (exact) mass is 170 g/mol. The van der Waals surface area contributed by atoms with Gasteiger partial charge >= 0.3 is 29.6 Å². The summed E-state index contributed by atoms with van der Waals surface area (Å²) in [7, 11) is 3.68. The summed E-state index contributed by atoms with van der Waals surface area (Å²) in [5.74, 6) is 0. The summed E-state index contributed by atoms with van der Waals surface area (Å²) in [4.78, 5) is 0. The topological polar surface area (TPSA) is 0 Å². The molecule has 0 aromatic rings. The van der Waals surface area contributed by atoms with Crippen molar-refractivity contribution in [3.63, 3.8) is 0 Å². The van der Waals surface area contributed by atoms with E-state index in [1.807, 2.05) is 0 Å². The van der Waals surface area contributed by atoms with Gasteiger partial charge in [0.25, 0.3) is 0 Å². The van der Waals surface area contributed by atoms with E-state index in [4.69, 9.17) is 0 Å². The summed E-state index contributed by atoms with van der Waals surface area (Å²) in [5.41, 5.74) is 3.81. The molecule has 11 heavy (non-hydrogen) atoms. The maximum atomic E-state index is 3.68. The fourth-order valence-electron chi connectivity index (χ4n) is 1.83. The van der Waals surface area contributed by atoms with Gasteiger partial charge in [0, 0.05) is 10.2 Å². The van der Waals surface area contributed by atoms with E-state index in [1.165, 1.54) is 25.7 Å². The molecule has 0 bridgehead atoms. The van der Waals surface area contributed by atoms with E-state index < -0.39 is 0 Å². The fourth-order valence-corrected chi connectivity index (χ4v) is 2.25. The van der Waals surface area contributed by atoms with Crippen molar-refractivity contribution in [1.29, 1.82) is 0 Å². The SMILES string of the molecule is [Na+].[Si]C1C=CC2=C1CCCC2. The van der Waals surface area contributed by atoms with Crippen LogP contribution in [0.25, 0.3) is 0 Å². The minimum absolute atomic E-state index is 0. The molecule has 0 aromatic carbocycles. The molecule has 0 amide bonds. The third-order valence-electron chi connectivity index (χ3n) is 2.42. The van der Waals surface area contributed by atoms with Crippen molar-refractivity contribution in [3.8, 4) is 0 Å². The molecule has 0 heterocycles. The quantitative estimate of drug-likeness (QED) is 0.425. The van der Waals surface area contributed by atoms with Gasteiger partial charge in [0.15, 0.2) is 0 Å². The first-order valence-corrected chi connectivity index (χ1v) is 4.57. The Kier molecular flexibility index (Phi) is 3.63. The second kappa shape index (κ2) is 4.08. The predicted molar refractivity (Wildman–Crippen MR) is 44.1 cm³/mol. The van der Waals surface area contributed by atoms with Crippen LogP contribution in [0.2, 0.25) is 5.54 Å². The summed E-state index contributed by atoms with van der Waals surface area (Å²) in [6.07, 6.45) is 9.95. The first-order chi connectivity index (χ1) is 4.88. The van der Waals surface area contributed by atoms with E-state index in [0.717, 1.165) is 0 Å². The third-order valence-corrected chi connectivity index (χ3v) is 2.96. The molecular formula is C9H11NaSi+. The van der Waals surface area contributed by atoms with Crippen LogP contribution in [0.4, 0.5) is 0 Å². The Morgan fingerprint density at radius 1 is 1.27 bits per heavy atom. The van der Waals surface area contributed by atoms with Crippen LogP contribution in [0.3, 0.4) is 0 Å². The Morgan fingerprint density at radius 3 is 2.73 bits per heavy atom. The Hall–Kier alpha value is 0.697. The smallest absolute Gasteiger partial charge is 0.0806 e.